The summed E-state index contributed by atoms with van der Waals surface area (Å²) >= 11 is 0. The van der Waals surface area contributed by atoms with Gasteiger partial charge in [-0.1, -0.05) is 0 Å². The number of H-pyrrole nitrogens is 1. The molecule has 0 radical (unpaired) electrons. The highest BCUT2D eigenvalue weighted by molar-refractivity contribution is 5.95. The third-order valence-electron chi connectivity index (χ3n) is 2.21. The number of hydrogen-bond donors (Lipinski definition) is 2. The highest BCUT2D eigenvalue weighted by Crippen LogP contribution is 2.30. The van der Waals surface area contributed by atoms with Gasteiger partial charge >= 0.3 is 0 Å². The van der Waals surface area contributed by atoms with Crippen molar-refractivity contribution in [1.82, 2.24) is 20.2 Å². The highest BCUT2D eigenvalue weighted by Gasteiger charge is 2.13. The van der Waals surface area contributed by atoms with E-state index in [0.717, 1.165) is 16.6 Å². The summed E-state index contributed by atoms with van der Waals surface area (Å²) in [6.07, 6.45) is 3.41. The summed E-state index contributed by atoms with van der Waals surface area (Å²) in [6, 6.07) is 3.84. The van der Waals surface area contributed by atoms with E-state index in [-0.39, 0.29) is 0 Å². The third kappa shape index (κ3) is 0.806. The average molecular weight is 185 g/mol. The van der Waals surface area contributed by atoms with Crippen molar-refractivity contribution in [2.75, 3.05) is 5.73 Å². The van der Waals surface area contributed by atoms with Crippen molar-refractivity contribution in [2.45, 2.75) is 0 Å². The predicted molar refractivity (Wildman–Crippen MR) is 52.7 cm³/mol. The van der Waals surface area contributed by atoms with Gasteiger partial charge in [0.1, 0.15) is 17.2 Å². The van der Waals surface area contributed by atoms with Crippen LogP contribution >= 0.6 is 0 Å². The zero-order valence-corrected chi connectivity index (χ0v) is 7.23. The first-order valence-corrected chi connectivity index (χ1v) is 4.20. The van der Waals surface area contributed by atoms with Crippen LogP contribution in [0.2, 0.25) is 0 Å². The van der Waals surface area contributed by atoms with Gasteiger partial charge in [0.2, 0.25) is 0 Å². The Morgan fingerprint density at radius 1 is 1.36 bits per heavy atom. The second-order valence-electron chi connectivity index (χ2n) is 3.05. The van der Waals surface area contributed by atoms with Crippen LogP contribution < -0.4 is 5.73 Å². The van der Waals surface area contributed by atoms with Crippen molar-refractivity contribution in [1.29, 1.82) is 0 Å². The lowest BCUT2D eigenvalue weighted by Crippen LogP contribution is -1.97. The number of nitrogens with two attached hydrogens (primary N) is 1. The number of aromatic nitrogens is 4. The molecule has 3 rings (SSSR count). The van der Waals surface area contributed by atoms with E-state index >= 15 is 0 Å². The number of aromatic amines is 1. The quantitative estimate of drug-likeness (QED) is 0.548. The molecule has 2 aliphatic heterocycles. The fraction of sp³-hybridized carbons (Fsp3) is 0. The number of nitrogen functional groups attached to an aromatic ring is 1. The van der Waals surface area contributed by atoms with Crippen LogP contribution in [0, 0.1) is 0 Å². The van der Waals surface area contributed by atoms with Gasteiger partial charge in [-0.2, -0.15) is 5.10 Å². The molecule has 0 spiro atoms. The number of fused-ring (bicyclic) bond motifs is 3. The largest absolute Gasteiger partial charge is 0.383 e. The van der Waals surface area contributed by atoms with E-state index in [1.54, 1.807) is 12.4 Å². The van der Waals surface area contributed by atoms with Crippen molar-refractivity contribution in [3.05, 3.63) is 24.5 Å². The van der Waals surface area contributed by atoms with Crippen molar-refractivity contribution in [3.63, 3.8) is 0 Å². The molecule has 0 amide bonds. The fourth-order valence-corrected chi connectivity index (χ4v) is 1.56. The zero-order chi connectivity index (χ0) is 9.54. The molecule has 68 valence electrons. The normalized spacial score (nSPS) is 11.1. The maximum Gasteiger partial charge on any atom is 0.139 e. The van der Waals surface area contributed by atoms with Crippen LogP contribution in [0.4, 0.5) is 5.82 Å². The summed E-state index contributed by atoms with van der Waals surface area (Å²) < 4.78 is 0. The van der Waals surface area contributed by atoms with E-state index in [2.05, 4.69) is 20.2 Å². The molecule has 1 aromatic heterocycles. The van der Waals surface area contributed by atoms with Crippen LogP contribution in [0.5, 0.6) is 0 Å². The number of rotatable bonds is 0. The van der Waals surface area contributed by atoms with Crippen LogP contribution in [0.3, 0.4) is 0 Å². The van der Waals surface area contributed by atoms with E-state index in [1.165, 1.54) is 0 Å². The Morgan fingerprint density at radius 3 is 3.21 bits per heavy atom. The Labute approximate surface area is 79.3 Å². The maximum absolute atomic E-state index is 5.77. The molecule has 0 saturated carbocycles. The molecule has 0 saturated heterocycles. The Morgan fingerprint density at radius 2 is 2.29 bits per heavy atom. The molecule has 3 N–H and O–H groups in total. The fourth-order valence-electron chi connectivity index (χ4n) is 1.56. The molecule has 2 aliphatic rings. The minimum Gasteiger partial charge on any atom is -0.383 e. The number of anilines is 1. The highest BCUT2D eigenvalue weighted by atomic mass is 15.1. The topological polar surface area (TPSA) is 80.5 Å². The third-order valence-corrected chi connectivity index (χ3v) is 2.21. The van der Waals surface area contributed by atoms with Gasteiger partial charge in [0.15, 0.2) is 0 Å². The number of nitrogens with zero attached hydrogens (tertiary/aromatic N) is 3. The Kier molecular flexibility index (Phi) is 1.25. The van der Waals surface area contributed by atoms with Crippen LogP contribution in [0.15, 0.2) is 24.5 Å². The molecule has 0 aliphatic carbocycles. The van der Waals surface area contributed by atoms with E-state index < -0.39 is 0 Å². The zero-order valence-electron chi connectivity index (χ0n) is 7.23. The van der Waals surface area contributed by atoms with E-state index in [4.69, 9.17) is 5.73 Å². The van der Waals surface area contributed by atoms with Gasteiger partial charge in [-0.05, 0) is 12.1 Å². The van der Waals surface area contributed by atoms with Crippen molar-refractivity contribution < 1.29 is 0 Å². The first-order valence-electron chi connectivity index (χ1n) is 4.20. The molecule has 0 bridgehead atoms. The molecule has 1 aromatic rings. The number of pyridine rings is 2. The number of hydrogen-bond acceptors (Lipinski definition) is 4. The van der Waals surface area contributed by atoms with Gasteiger partial charge in [0.05, 0.1) is 6.20 Å². The summed E-state index contributed by atoms with van der Waals surface area (Å²) in [4.78, 5) is 7.16. The van der Waals surface area contributed by atoms with Crippen LogP contribution in [0.1, 0.15) is 0 Å². The van der Waals surface area contributed by atoms with Crippen molar-refractivity contribution in [3.8, 4) is 11.3 Å². The molecule has 0 fully saturated rings. The molecule has 14 heavy (non-hydrogen) atoms. The first kappa shape index (κ1) is 7.25. The summed E-state index contributed by atoms with van der Waals surface area (Å²) in [5.41, 5.74) is 8.16. The van der Waals surface area contributed by atoms with Crippen LogP contribution in [0.25, 0.3) is 22.3 Å². The van der Waals surface area contributed by atoms with Crippen LogP contribution in [-0.4, -0.2) is 20.2 Å². The number of nitrogens with one attached hydrogen (secondary N) is 1. The molecular formula is C9H7N5. The van der Waals surface area contributed by atoms with Crippen molar-refractivity contribution >= 4 is 16.9 Å². The molecule has 5 nitrogen and oxygen atoms in total. The monoisotopic (exact) mass is 185 g/mol. The Hall–Kier alpha value is -2.17. The minimum atomic E-state index is 0.503. The molecular weight excluding hydrogens is 178 g/mol. The predicted octanol–water partition coefficient (Wildman–Crippen LogP) is 1.04. The van der Waals surface area contributed by atoms with Gasteiger partial charge in [0.25, 0.3) is 0 Å². The van der Waals surface area contributed by atoms with Gasteiger partial charge in [-0.3, -0.25) is 0 Å². The molecule has 5 heteroatoms. The first-order chi connectivity index (χ1) is 6.86. The van der Waals surface area contributed by atoms with Gasteiger partial charge < -0.3 is 10.7 Å². The molecule has 0 atom stereocenters. The summed E-state index contributed by atoms with van der Waals surface area (Å²) in [5, 5.41) is 8.76. The summed E-state index contributed by atoms with van der Waals surface area (Å²) in [7, 11) is 0. The molecule has 3 heterocycles. The smallest absolute Gasteiger partial charge is 0.139 e. The average Bonchev–Trinajstić information content (AvgIpc) is 2.67. The second-order valence-corrected chi connectivity index (χ2v) is 3.05. The van der Waals surface area contributed by atoms with E-state index in [0.29, 0.717) is 11.5 Å². The van der Waals surface area contributed by atoms with Crippen LogP contribution in [-0.2, 0) is 0 Å². The van der Waals surface area contributed by atoms with Gasteiger partial charge in [-0.25, -0.2) is 4.98 Å². The van der Waals surface area contributed by atoms with E-state index in [1.807, 2.05) is 12.1 Å². The molecule has 0 aromatic carbocycles. The van der Waals surface area contributed by atoms with Gasteiger partial charge in [-0.15, -0.1) is 5.10 Å². The standard InChI is InChI=1S/C9H7N5/c10-8-7-6(4-12-14-7)5-2-1-3-11-9(5)13-8/h1-4H,10H2,(H,11,13). The van der Waals surface area contributed by atoms with Crippen molar-refractivity contribution in [2.24, 2.45) is 0 Å². The summed E-state index contributed by atoms with van der Waals surface area (Å²) in [5.74, 6) is 0.503. The molecule has 0 unspecified atom stereocenters. The maximum atomic E-state index is 5.77. The lowest BCUT2D eigenvalue weighted by Gasteiger charge is -2.05. The lowest BCUT2D eigenvalue weighted by molar-refractivity contribution is 1.10. The van der Waals surface area contributed by atoms with E-state index in [9.17, 15) is 0 Å². The second kappa shape index (κ2) is 2.41. The summed E-state index contributed by atoms with van der Waals surface area (Å²) in [6.45, 7) is 0. The minimum absolute atomic E-state index is 0.503. The Bertz CT molecular complexity index is 571. The van der Waals surface area contributed by atoms with Gasteiger partial charge in [0, 0.05) is 17.1 Å². The Balaban J connectivity index is 2.58. The SMILES string of the molecule is Nc1[nH]c2ncccc2c2cnnc1-2. The lowest BCUT2D eigenvalue weighted by atomic mass is 10.1.